The van der Waals surface area contributed by atoms with Gasteiger partial charge in [-0.3, -0.25) is 4.79 Å². The quantitative estimate of drug-likeness (QED) is 0.896. The summed E-state index contributed by atoms with van der Waals surface area (Å²) in [6.07, 6.45) is 7.54. The van der Waals surface area contributed by atoms with E-state index in [1.807, 2.05) is 12.1 Å². The van der Waals surface area contributed by atoms with Gasteiger partial charge in [0.2, 0.25) is 0 Å². The summed E-state index contributed by atoms with van der Waals surface area (Å²) in [5.41, 5.74) is 1.76. The summed E-state index contributed by atoms with van der Waals surface area (Å²) in [6, 6.07) is 8.20. The molecule has 2 aliphatic rings. The van der Waals surface area contributed by atoms with Crippen molar-refractivity contribution in [2.24, 2.45) is 11.8 Å². The van der Waals surface area contributed by atoms with Crippen molar-refractivity contribution in [3.8, 4) is 0 Å². The first-order valence-electron chi connectivity index (χ1n) is 8.00. The number of hydrogen-bond acceptors (Lipinski definition) is 1. The Labute approximate surface area is 121 Å². The molecule has 2 heteroatoms. The zero-order chi connectivity index (χ0) is 14.2. The fraction of sp³-hybridized carbons (Fsp3) is 0.611. The van der Waals surface area contributed by atoms with Crippen molar-refractivity contribution in [1.82, 2.24) is 0 Å². The van der Waals surface area contributed by atoms with Crippen LogP contribution in [0.3, 0.4) is 0 Å². The molecular weight excluding hydrogens is 248 g/mol. The molecule has 1 aromatic rings. The zero-order valence-electron chi connectivity index (χ0n) is 12.3. The second kappa shape index (κ2) is 5.23. The van der Waals surface area contributed by atoms with Crippen LogP contribution in [-0.4, -0.2) is 11.1 Å². The molecular formula is C18H24O2. The van der Waals surface area contributed by atoms with Gasteiger partial charge < -0.3 is 5.11 Å². The van der Waals surface area contributed by atoms with Crippen LogP contribution < -0.4 is 0 Å². The van der Waals surface area contributed by atoms with E-state index in [0.29, 0.717) is 5.92 Å². The molecule has 2 aliphatic carbocycles. The van der Waals surface area contributed by atoms with Crippen LogP contribution in [0.2, 0.25) is 0 Å². The standard InChI is InChI=1S/C18H24O2/c1-2-13-7-9-15(10-8-13)18(17(19)20)12-11-14-5-3-4-6-16(14)18/h3-6,13,15H,2,7-12H2,1H3,(H,19,20). The second-order valence-electron chi connectivity index (χ2n) is 6.56. The minimum Gasteiger partial charge on any atom is -0.481 e. The van der Waals surface area contributed by atoms with E-state index in [9.17, 15) is 9.90 Å². The van der Waals surface area contributed by atoms with Gasteiger partial charge in [0, 0.05) is 0 Å². The van der Waals surface area contributed by atoms with Gasteiger partial charge in [-0.1, -0.05) is 50.5 Å². The predicted octanol–water partition coefficient (Wildman–Crippen LogP) is 4.17. The Kier molecular flexibility index (Phi) is 3.57. The molecule has 0 aromatic heterocycles. The van der Waals surface area contributed by atoms with Crippen LogP contribution in [0, 0.1) is 11.8 Å². The van der Waals surface area contributed by atoms with Crippen molar-refractivity contribution < 1.29 is 9.90 Å². The van der Waals surface area contributed by atoms with Crippen LogP contribution in [0.1, 0.15) is 56.6 Å². The first-order chi connectivity index (χ1) is 9.68. The molecule has 0 heterocycles. The summed E-state index contributed by atoms with van der Waals surface area (Å²) < 4.78 is 0. The lowest BCUT2D eigenvalue weighted by Crippen LogP contribution is -2.42. The van der Waals surface area contributed by atoms with Crippen molar-refractivity contribution in [2.45, 2.75) is 57.3 Å². The molecule has 2 nitrogen and oxygen atoms in total. The molecule has 0 amide bonds. The predicted molar refractivity (Wildman–Crippen MR) is 79.8 cm³/mol. The molecule has 1 aromatic carbocycles. The minimum atomic E-state index is -0.602. The van der Waals surface area contributed by atoms with Gasteiger partial charge in [0.25, 0.3) is 0 Å². The minimum absolute atomic E-state index is 0.325. The Balaban J connectivity index is 1.93. The van der Waals surface area contributed by atoms with Crippen molar-refractivity contribution in [1.29, 1.82) is 0 Å². The second-order valence-corrected chi connectivity index (χ2v) is 6.56. The number of carboxylic acid groups (broad SMARTS) is 1. The third-order valence-electron chi connectivity index (χ3n) is 5.79. The Morgan fingerprint density at radius 2 is 1.95 bits per heavy atom. The number of rotatable bonds is 3. The first kappa shape index (κ1) is 13.7. The fourth-order valence-corrected chi connectivity index (χ4v) is 4.52. The Morgan fingerprint density at radius 3 is 2.60 bits per heavy atom. The maximum absolute atomic E-state index is 12.1. The highest BCUT2D eigenvalue weighted by atomic mass is 16.4. The SMILES string of the molecule is CCC1CCC(C2(C(=O)O)CCc3ccccc32)CC1. The Morgan fingerprint density at radius 1 is 1.25 bits per heavy atom. The molecule has 1 unspecified atom stereocenters. The van der Waals surface area contributed by atoms with Crippen molar-refractivity contribution in [3.05, 3.63) is 35.4 Å². The summed E-state index contributed by atoms with van der Waals surface area (Å²) in [6.45, 7) is 2.25. The number of benzene rings is 1. The number of carboxylic acids is 1. The van der Waals surface area contributed by atoms with E-state index < -0.39 is 11.4 Å². The molecule has 1 N–H and O–H groups in total. The molecule has 0 spiro atoms. The van der Waals surface area contributed by atoms with E-state index in [1.165, 1.54) is 24.8 Å². The molecule has 108 valence electrons. The Bertz CT molecular complexity index is 500. The van der Waals surface area contributed by atoms with Gasteiger partial charge in [0.15, 0.2) is 0 Å². The van der Waals surface area contributed by atoms with E-state index in [0.717, 1.165) is 37.2 Å². The lowest BCUT2D eigenvalue weighted by molar-refractivity contribution is -0.147. The van der Waals surface area contributed by atoms with Crippen LogP contribution in [0.5, 0.6) is 0 Å². The van der Waals surface area contributed by atoms with E-state index in [-0.39, 0.29) is 0 Å². The summed E-state index contributed by atoms with van der Waals surface area (Å²) in [7, 11) is 0. The number of aliphatic carboxylic acids is 1. The van der Waals surface area contributed by atoms with E-state index in [2.05, 4.69) is 19.1 Å². The topological polar surface area (TPSA) is 37.3 Å². The van der Waals surface area contributed by atoms with Gasteiger partial charge in [-0.2, -0.15) is 0 Å². The van der Waals surface area contributed by atoms with Gasteiger partial charge in [-0.15, -0.1) is 0 Å². The van der Waals surface area contributed by atoms with Crippen molar-refractivity contribution >= 4 is 5.97 Å². The van der Waals surface area contributed by atoms with Gasteiger partial charge in [-0.05, 0) is 48.6 Å². The highest BCUT2D eigenvalue weighted by Gasteiger charge is 2.51. The third-order valence-corrected chi connectivity index (χ3v) is 5.79. The Hall–Kier alpha value is -1.31. The molecule has 0 aliphatic heterocycles. The van der Waals surface area contributed by atoms with Crippen LogP contribution in [-0.2, 0) is 16.6 Å². The van der Waals surface area contributed by atoms with Crippen LogP contribution in [0.25, 0.3) is 0 Å². The van der Waals surface area contributed by atoms with Crippen molar-refractivity contribution in [3.63, 3.8) is 0 Å². The molecule has 1 atom stereocenters. The van der Waals surface area contributed by atoms with Gasteiger partial charge in [-0.25, -0.2) is 0 Å². The summed E-state index contributed by atoms with van der Waals surface area (Å²) in [5.74, 6) is 0.544. The van der Waals surface area contributed by atoms with Gasteiger partial charge >= 0.3 is 5.97 Å². The van der Waals surface area contributed by atoms with E-state index >= 15 is 0 Å². The van der Waals surface area contributed by atoms with E-state index in [4.69, 9.17) is 0 Å². The van der Waals surface area contributed by atoms with Gasteiger partial charge in [0.1, 0.15) is 0 Å². The van der Waals surface area contributed by atoms with Crippen LogP contribution in [0.15, 0.2) is 24.3 Å². The lowest BCUT2D eigenvalue weighted by Gasteiger charge is -2.39. The third kappa shape index (κ3) is 1.97. The zero-order valence-corrected chi connectivity index (χ0v) is 12.3. The maximum Gasteiger partial charge on any atom is 0.314 e. The maximum atomic E-state index is 12.1. The number of aryl methyl sites for hydroxylation is 1. The lowest BCUT2D eigenvalue weighted by atomic mass is 9.64. The molecule has 0 saturated heterocycles. The molecule has 20 heavy (non-hydrogen) atoms. The first-order valence-corrected chi connectivity index (χ1v) is 8.00. The van der Waals surface area contributed by atoms with Crippen LogP contribution >= 0.6 is 0 Å². The summed E-state index contributed by atoms with van der Waals surface area (Å²) >= 11 is 0. The average molecular weight is 272 g/mol. The normalized spacial score (nSPS) is 32.9. The molecule has 0 bridgehead atoms. The molecule has 0 radical (unpaired) electrons. The largest absolute Gasteiger partial charge is 0.481 e. The monoisotopic (exact) mass is 272 g/mol. The summed E-state index contributed by atoms with van der Waals surface area (Å²) in [5, 5.41) is 9.99. The van der Waals surface area contributed by atoms with Gasteiger partial charge in [0.05, 0.1) is 5.41 Å². The number of fused-ring (bicyclic) bond motifs is 1. The number of carbonyl (C=O) groups is 1. The summed E-state index contributed by atoms with van der Waals surface area (Å²) in [4.78, 5) is 12.1. The fourth-order valence-electron chi connectivity index (χ4n) is 4.52. The average Bonchev–Trinajstić information content (AvgIpc) is 2.88. The molecule has 1 saturated carbocycles. The van der Waals surface area contributed by atoms with Crippen molar-refractivity contribution in [2.75, 3.05) is 0 Å². The smallest absolute Gasteiger partial charge is 0.314 e. The van der Waals surface area contributed by atoms with E-state index in [1.54, 1.807) is 0 Å². The molecule has 3 rings (SSSR count). The number of hydrogen-bond donors (Lipinski definition) is 1. The molecule has 1 fully saturated rings. The van der Waals surface area contributed by atoms with Crippen LogP contribution in [0.4, 0.5) is 0 Å². The highest BCUT2D eigenvalue weighted by Crippen LogP contribution is 2.50. The highest BCUT2D eigenvalue weighted by molar-refractivity contribution is 5.83.